The van der Waals surface area contributed by atoms with Crippen LogP contribution in [0, 0.1) is 11.3 Å². The molecule has 1 N–H and O–H groups in total. The van der Waals surface area contributed by atoms with Crippen molar-refractivity contribution in [2.75, 3.05) is 13.2 Å². The highest BCUT2D eigenvalue weighted by atomic mass is 16.7. The molecule has 0 aromatic rings. The smallest absolute Gasteiger partial charge is 0.163 e. The van der Waals surface area contributed by atoms with E-state index < -0.39 is 11.2 Å². The van der Waals surface area contributed by atoms with Gasteiger partial charge in [-0.05, 0) is 71.8 Å². The van der Waals surface area contributed by atoms with Crippen LogP contribution in [0.1, 0.15) is 87.0 Å². The van der Waals surface area contributed by atoms with E-state index in [0.717, 1.165) is 31.3 Å². The maximum absolute atomic E-state index is 13.7. The summed E-state index contributed by atoms with van der Waals surface area (Å²) in [5.41, 5.74) is 0.342. The van der Waals surface area contributed by atoms with E-state index in [2.05, 4.69) is 6.08 Å². The second kappa shape index (κ2) is 11.4. The van der Waals surface area contributed by atoms with E-state index in [4.69, 9.17) is 18.9 Å². The standard InChI is InChI=1S/C25H44O6/c1-17(11-10-12-18(2)26)22(30-21-13-8-9-15-28-21)19(3)23(27)24(4,5)20-14-16-29-25(6,7)31-20/h11,18-22,26H,8-10,12-16H2,1-7H3/t18?,19-,20+,21?,22?/m1/s1. The van der Waals surface area contributed by atoms with E-state index in [9.17, 15) is 9.90 Å². The summed E-state index contributed by atoms with van der Waals surface area (Å²) < 4.78 is 24.0. The lowest BCUT2D eigenvalue weighted by Gasteiger charge is -2.44. The van der Waals surface area contributed by atoms with Crippen molar-refractivity contribution in [1.82, 2.24) is 0 Å². The molecular weight excluding hydrogens is 396 g/mol. The Labute approximate surface area is 188 Å². The summed E-state index contributed by atoms with van der Waals surface area (Å²) >= 11 is 0. The van der Waals surface area contributed by atoms with Gasteiger partial charge in [0.15, 0.2) is 12.1 Å². The van der Waals surface area contributed by atoms with E-state index >= 15 is 0 Å². The quantitative estimate of drug-likeness (QED) is 0.493. The fourth-order valence-electron chi connectivity index (χ4n) is 4.51. The van der Waals surface area contributed by atoms with Crippen molar-refractivity contribution in [3.05, 3.63) is 11.6 Å². The Morgan fingerprint density at radius 3 is 2.52 bits per heavy atom. The molecule has 2 heterocycles. The third-order valence-corrected chi connectivity index (χ3v) is 6.50. The van der Waals surface area contributed by atoms with Crippen molar-refractivity contribution in [3.63, 3.8) is 0 Å². The number of carbonyl (C=O) groups excluding carboxylic acids is 1. The van der Waals surface area contributed by atoms with Crippen molar-refractivity contribution in [2.45, 2.75) is 117 Å². The first kappa shape index (κ1) is 26.5. The maximum Gasteiger partial charge on any atom is 0.163 e. The molecule has 31 heavy (non-hydrogen) atoms. The van der Waals surface area contributed by atoms with Crippen molar-refractivity contribution in [2.24, 2.45) is 11.3 Å². The third kappa shape index (κ3) is 7.64. The average Bonchev–Trinajstić information content (AvgIpc) is 2.70. The lowest BCUT2D eigenvalue weighted by atomic mass is 9.73. The molecule has 0 spiro atoms. The molecular formula is C25H44O6. The number of aliphatic hydroxyl groups is 1. The van der Waals surface area contributed by atoms with Gasteiger partial charge in [-0.15, -0.1) is 0 Å². The Kier molecular flexibility index (Phi) is 9.71. The fourth-order valence-corrected chi connectivity index (χ4v) is 4.51. The molecule has 2 aliphatic heterocycles. The van der Waals surface area contributed by atoms with Crippen LogP contribution >= 0.6 is 0 Å². The van der Waals surface area contributed by atoms with Gasteiger partial charge in [-0.3, -0.25) is 4.79 Å². The Balaban J connectivity index is 2.18. The minimum atomic E-state index is -0.688. The number of rotatable bonds is 10. The molecule has 6 heteroatoms. The topological polar surface area (TPSA) is 74.2 Å². The first-order valence-electron chi connectivity index (χ1n) is 11.9. The predicted molar refractivity (Wildman–Crippen MR) is 121 cm³/mol. The van der Waals surface area contributed by atoms with E-state index in [1.807, 2.05) is 41.5 Å². The van der Waals surface area contributed by atoms with Gasteiger partial charge in [0.2, 0.25) is 0 Å². The number of ketones is 1. The van der Waals surface area contributed by atoms with Crippen molar-refractivity contribution in [3.8, 4) is 0 Å². The van der Waals surface area contributed by atoms with Gasteiger partial charge in [0.05, 0.1) is 30.3 Å². The largest absolute Gasteiger partial charge is 0.393 e. The SMILES string of the molecule is CC(=CCCC(C)O)C(OC1CCCCO1)[C@@H](C)C(=O)C(C)(C)[C@@H]1CCOC(C)(C)O1. The van der Waals surface area contributed by atoms with Crippen LogP contribution in [0.4, 0.5) is 0 Å². The van der Waals surface area contributed by atoms with E-state index in [0.29, 0.717) is 26.1 Å². The second-order valence-corrected chi connectivity index (χ2v) is 10.2. The van der Waals surface area contributed by atoms with Gasteiger partial charge in [0.1, 0.15) is 5.78 Å². The van der Waals surface area contributed by atoms with Crippen LogP contribution in [0.5, 0.6) is 0 Å². The minimum absolute atomic E-state index is 0.124. The third-order valence-electron chi connectivity index (χ3n) is 6.50. The Hall–Kier alpha value is -0.790. The summed E-state index contributed by atoms with van der Waals surface area (Å²) in [6.45, 7) is 14.8. The molecule has 0 radical (unpaired) electrons. The van der Waals surface area contributed by atoms with Gasteiger partial charge >= 0.3 is 0 Å². The summed E-state index contributed by atoms with van der Waals surface area (Å²) in [5, 5.41) is 9.60. The molecule has 0 aliphatic carbocycles. The van der Waals surface area contributed by atoms with Gasteiger partial charge in [0, 0.05) is 12.5 Å². The number of hydrogen-bond donors (Lipinski definition) is 1. The average molecular weight is 441 g/mol. The lowest BCUT2D eigenvalue weighted by Crippen LogP contribution is -2.51. The van der Waals surface area contributed by atoms with Gasteiger partial charge in [-0.1, -0.05) is 26.8 Å². The van der Waals surface area contributed by atoms with Crippen LogP contribution in [-0.2, 0) is 23.7 Å². The molecule has 2 fully saturated rings. The number of Topliss-reactive ketones (excluding diaryl/α,β-unsaturated/α-hetero) is 1. The molecule has 0 bridgehead atoms. The Bertz CT molecular complexity index is 603. The lowest BCUT2D eigenvalue weighted by molar-refractivity contribution is -0.289. The maximum atomic E-state index is 13.7. The Morgan fingerprint density at radius 1 is 1.23 bits per heavy atom. The summed E-state index contributed by atoms with van der Waals surface area (Å²) in [7, 11) is 0. The summed E-state index contributed by atoms with van der Waals surface area (Å²) in [5.74, 6) is -0.913. The van der Waals surface area contributed by atoms with Crippen molar-refractivity contribution >= 4 is 5.78 Å². The van der Waals surface area contributed by atoms with E-state index in [-0.39, 0.29) is 36.3 Å². The second-order valence-electron chi connectivity index (χ2n) is 10.2. The number of aliphatic hydroxyl groups excluding tert-OH is 1. The zero-order valence-electron chi connectivity index (χ0n) is 20.6. The molecule has 2 saturated heterocycles. The first-order chi connectivity index (χ1) is 14.4. The summed E-state index contributed by atoms with van der Waals surface area (Å²) in [6.07, 6.45) is 5.97. The van der Waals surface area contributed by atoms with Gasteiger partial charge in [0.25, 0.3) is 0 Å². The highest BCUT2D eigenvalue weighted by Crippen LogP contribution is 2.38. The molecule has 0 saturated carbocycles. The van der Waals surface area contributed by atoms with Crippen LogP contribution in [0.25, 0.3) is 0 Å². The minimum Gasteiger partial charge on any atom is -0.393 e. The zero-order valence-corrected chi connectivity index (χ0v) is 20.6. The number of ether oxygens (including phenoxy) is 4. The number of carbonyl (C=O) groups is 1. The van der Waals surface area contributed by atoms with Gasteiger partial charge in [-0.2, -0.15) is 0 Å². The van der Waals surface area contributed by atoms with E-state index in [1.165, 1.54) is 0 Å². The van der Waals surface area contributed by atoms with Crippen molar-refractivity contribution in [1.29, 1.82) is 0 Å². The molecule has 0 amide bonds. The molecule has 180 valence electrons. The monoisotopic (exact) mass is 440 g/mol. The van der Waals surface area contributed by atoms with Crippen LogP contribution in [0.15, 0.2) is 11.6 Å². The molecule has 3 unspecified atom stereocenters. The van der Waals surface area contributed by atoms with Crippen LogP contribution < -0.4 is 0 Å². The molecule has 6 nitrogen and oxygen atoms in total. The summed E-state index contributed by atoms with van der Waals surface area (Å²) in [4.78, 5) is 13.7. The van der Waals surface area contributed by atoms with Crippen LogP contribution in [0.3, 0.4) is 0 Å². The molecule has 5 atom stereocenters. The fraction of sp³-hybridized carbons (Fsp3) is 0.880. The normalized spacial score (nSPS) is 28.1. The first-order valence-corrected chi connectivity index (χ1v) is 11.9. The molecule has 2 aliphatic rings. The highest BCUT2D eigenvalue weighted by molar-refractivity contribution is 5.87. The van der Waals surface area contributed by atoms with Gasteiger partial charge < -0.3 is 24.1 Å². The molecule has 0 aromatic carbocycles. The molecule has 0 aromatic heterocycles. The van der Waals surface area contributed by atoms with Crippen LogP contribution in [0.2, 0.25) is 0 Å². The number of hydrogen-bond acceptors (Lipinski definition) is 6. The predicted octanol–water partition coefficient (Wildman–Crippen LogP) is 4.78. The Morgan fingerprint density at radius 2 is 1.94 bits per heavy atom. The number of allylic oxidation sites excluding steroid dienone is 1. The zero-order chi connectivity index (χ0) is 23.2. The van der Waals surface area contributed by atoms with E-state index in [1.54, 1.807) is 6.92 Å². The van der Waals surface area contributed by atoms with Gasteiger partial charge in [-0.25, -0.2) is 0 Å². The molecule has 2 rings (SSSR count). The van der Waals surface area contributed by atoms with Crippen molar-refractivity contribution < 1.29 is 28.8 Å². The highest BCUT2D eigenvalue weighted by Gasteiger charge is 2.46. The van der Waals surface area contributed by atoms with Crippen LogP contribution in [-0.4, -0.2) is 54.5 Å². The summed E-state index contributed by atoms with van der Waals surface area (Å²) in [6, 6.07) is 0.